The van der Waals surface area contributed by atoms with Crippen molar-refractivity contribution in [1.29, 1.82) is 0 Å². The number of nitrogens with one attached hydrogen (secondary N) is 2. The summed E-state index contributed by atoms with van der Waals surface area (Å²) in [4.78, 5) is 26.2. The Balaban J connectivity index is 1.45. The molecule has 5 aromatic rings. The molecule has 2 amide bonds. The van der Waals surface area contributed by atoms with Crippen LogP contribution >= 0.6 is 0 Å². The normalized spacial score (nSPS) is 12.4. The zero-order chi connectivity index (χ0) is 29.3. The lowest BCUT2D eigenvalue weighted by molar-refractivity contribution is -0.112. The molecule has 0 saturated carbocycles. The van der Waals surface area contributed by atoms with E-state index in [1.807, 2.05) is 54.6 Å². The molecule has 0 unspecified atom stereocenters. The fraction of sp³-hybridized carbons (Fsp3) is 0.0588. The second kappa shape index (κ2) is 13.1. The van der Waals surface area contributed by atoms with Gasteiger partial charge in [-0.05, 0) is 59.5 Å². The van der Waals surface area contributed by atoms with Gasteiger partial charge in [0.2, 0.25) is 5.91 Å². The molecule has 2 atom stereocenters. The van der Waals surface area contributed by atoms with Crippen molar-refractivity contribution in [1.82, 2.24) is 0 Å². The Morgan fingerprint density at radius 3 is 2.19 bits per heavy atom. The van der Waals surface area contributed by atoms with E-state index in [-0.39, 0.29) is 5.75 Å². The van der Waals surface area contributed by atoms with Crippen molar-refractivity contribution in [3.05, 3.63) is 139 Å². The number of carbonyl (C=O) groups is 2. The van der Waals surface area contributed by atoms with Gasteiger partial charge in [0.15, 0.2) is 12.2 Å². The number of hydrogen-bond donors (Lipinski definition) is 4. The van der Waals surface area contributed by atoms with E-state index >= 15 is 0 Å². The summed E-state index contributed by atoms with van der Waals surface area (Å²) in [5.41, 5.74) is 7.98. The van der Waals surface area contributed by atoms with Gasteiger partial charge in [-0.25, -0.2) is 4.79 Å². The summed E-state index contributed by atoms with van der Waals surface area (Å²) in [5.74, 6) is 0.106. The molecule has 0 spiro atoms. The van der Waals surface area contributed by atoms with Crippen LogP contribution in [0.2, 0.25) is 0 Å². The molecule has 0 aliphatic carbocycles. The van der Waals surface area contributed by atoms with Crippen LogP contribution in [-0.4, -0.2) is 23.2 Å². The molecule has 0 heterocycles. The van der Waals surface area contributed by atoms with E-state index in [0.29, 0.717) is 28.4 Å². The number of anilines is 3. The second-order valence-electron chi connectivity index (χ2n) is 9.40. The summed E-state index contributed by atoms with van der Waals surface area (Å²) in [5, 5.41) is 17.3. The molecular formula is C34H29N3O5. The molecule has 210 valence electrons. The molecular weight excluding hydrogens is 530 g/mol. The molecule has 5 aromatic carbocycles. The van der Waals surface area contributed by atoms with Crippen molar-refractivity contribution in [3.8, 4) is 11.5 Å². The van der Waals surface area contributed by atoms with Gasteiger partial charge in [0.05, 0.1) is 17.1 Å². The maximum atomic E-state index is 13.3. The van der Waals surface area contributed by atoms with Crippen LogP contribution in [0.5, 0.6) is 11.5 Å². The number of nitrogen functional groups attached to an aromatic ring is 1. The topological polar surface area (TPSA) is 123 Å². The second-order valence-corrected chi connectivity index (χ2v) is 9.40. The minimum absolute atomic E-state index is 0.0496. The van der Waals surface area contributed by atoms with Crippen LogP contribution in [0, 0.1) is 0 Å². The van der Waals surface area contributed by atoms with Gasteiger partial charge in [-0.2, -0.15) is 0 Å². The van der Waals surface area contributed by atoms with Crippen molar-refractivity contribution in [3.63, 3.8) is 0 Å². The Bertz CT molecular complexity index is 1700. The van der Waals surface area contributed by atoms with Gasteiger partial charge in [0.25, 0.3) is 0 Å². The molecule has 8 heteroatoms. The Morgan fingerprint density at radius 2 is 1.40 bits per heavy atom. The standard InChI is InChI=1S/C34H29N3O5/c35-28-14-6-7-15-30(28)36-32(39)22-21-31(41-26-11-2-1-3-12-26)33(24-17-19-25(38)20-18-24)42-34(40)37-29-16-8-10-23-9-4-5-13-27(23)29/h1-22,31,33,38H,35H2,(H,36,39)(H,37,40)/b22-21+/t31-,33-/m0/s1. The lowest BCUT2D eigenvalue weighted by Gasteiger charge is -2.26. The number of amides is 2. The van der Waals surface area contributed by atoms with Crippen molar-refractivity contribution in [2.24, 2.45) is 0 Å². The summed E-state index contributed by atoms with van der Waals surface area (Å²) in [6, 6.07) is 35.4. The van der Waals surface area contributed by atoms with Gasteiger partial charge in [0.1, 0.15) is 11.5 Å². The molecule has 0 saturated heterocycles. The minimum Gasteiger partial charge on any atom is -0.508 e. The van der Waals surface area contributed by atoms with Gasteiger partial charge in [-0.1, -0.05) is 78.9 Å². The third-order valence-corrected chi connectivity index (χ3v) is 6.45. The van der Waals surface area contributed by atoms with Crippen LogP contribution in [-0.2, 0) is 9.53 Å². The maximum absolute atomic E-state index is 13.3. The van der Waals surface area contributed by atoms with E-state index in [2.05, 4.69) is 10.6 Å². The number of fused-ring (bicyclic) bond motifs is 1. The minimum atomic E-state index is -1.01. The first-order valence-electron chi connectivity index (χ1n) is 13.3. The summed E-state index contributed by atoms with van der Waals surface area (Å²) in [6.45, 7) is 0. The summed E-state index contributed by atoms with van der Waals surface area (Å²) in [6.07, 6.45) is 0.158. The highest BCUT2D eigenvalue weighted by atomic mass is 16.6. The monoisotopic (exact) mass is 559 g/mol. The number of aromatic hydroxyl groups is 1. The molecule has 42 heavy (non-hydrogen) atoms. The number of phenolic OH excluding ortho intramolecular Hbond substituents is 1. The number of carbonyl (C=O) groups excluding carboxylic acids is 2. The molecule has 5 N–H and O–H groups in total. The average molecular weight is 560 g/mol. The van der Waals surface area contributed by atoms with E-state index in [1.54, 1.807) is 54.6 Å². The van der Waals surface area contributed by atoms with E-state index in [9.17, 15) is 14.7 Å². The van der Waals surface area contributed by atoms with E-state index in [0.717, 1.165) is 10.8 Å². The molecule has 8 nitrogen and oxygen atoms in total. The third kappa shape index (κ3) is 7.05. The smallest absolute Gasteiger partial charge is 0.412 e. The molecule has 0 aliphatic rings. The van der Waals surface area contributed by atoms with Gasteiger partial charge in [0, 0.05) is 11.5 Å². The largest absolute Gasteiger partial charge is 0.508 e. The SMILES string of the molecule is Nc1ccccc1NC(=O)/C=C/[C@H](Oc1ccccc1)[C@@H](OC(=O)Nc1cccc2ccccc12)c1ccc(O)cc1. The number of para-hydroxylation sites is 3. The fourth-order valence-corrected chi connectivity index (χ4v) is 4.40. The highest BCUT2D eigenvalue weighted by Gasteiger charge is 2.28. The quantitative estimate of drug-likeness (QED) is 0.113. The van der Waals surface area contributed by atoms with E-state index < -0.39 is 24.2 Å². The lowest BCUT2D eigenvalue weighted by Crippen LogP contribution is -2.30. The molecule has 0 bridgehead atoms. The Morgan fingerprint density at radius 1 is 0.738 bits per heavy atom. The van der Waals surface area contributed by atoms with Crippen molar-refractivity contribution in [2.75, 3.05) is 16.4 Å². The van der Waals surface area contributed by atoms with Gasteiger partial charge in [-0.3, -0.25) is 10.1 Å². The first kappa shape index (κ1) is 27.8. The number of nitrogens with two attached hydrogens (primary N) is 1. The van der Waals surface area contributed by atoms with Crippen LogP contribution in [0.4, 0.5) is 21.9 Å². The van der Waals surface area contributed by atoms with Crippen LogP contribution in [0.15, 0.2) is 133 Å². The zero-order valence-electron chi connectivity index (χ0n) is 22.5. The molecule has 5 rings (SSSR count). The summed E-state index contributed by atoms with van der Waals surface area (Å²) in [7, 11) is 0. The van der Waals surface area contributed by atoms with E-state index in [4.69, 9.17) is 15.2 Å². The van der Waals surface area contributed by atoms with Crippen molar-refractivity contribution < 1.29 is 24.2 Å². The molecule has 0 fully saturated rings. The van der Waals surface area contributed by atoms with Gasteiger partial charge >= 0.3 is 6.09 Å². The molecule has 0 aliphatic heterocycles. The average Bonchev–Trinajstić information content (AvgIpc) is 3.00. The highest BCUT2D eigenvalue weighted by Crippen LogP contribution is 2.30. The highest BCUT2D eigenvalue weighted by molar-refractivity contribution is 6.01. The van der Waals surface area contributed by atoms with Crippen LogP contribution in [0.1, 0.15) is 11.7 Å². The fourth-order valence-electron chi connectivity index (χ4n) is 4.40. The third-order valence-electron chi connectivity index (χ3n) is 6.45. The van der Waals surface area contributed by atoms with Gasteiger partial charge in [-0.15, -0.1) is 0 Å². The van der Waals surface area contributed by atoms with Crippen LogP contribution in [0.25, 0.3) is 10.8 Å². The van der Waals surface area contributed by atoms with Gasteiger partial charge < -0.3 is 25.6 Å². The summed E-state index contributed by atoms with van der Waals surface area (Å²) < 4.78 is 12.2. The first-order valence-corrected chi connectivity index (χ1v) is 13.3. The van der Waals surface area contributed by atoms with Crippen molar-refractivity contribution in [2.45, 2.75) is 12.2 Å². The molecule has 0 radical (unpaired) electrons. The number of benzene rings is 5. The Labute approximate surface area is 243 Å². The number of hydrogen-bond acceptors (Lipinski definition) is 6. The van der Waals surface area contributed by atoms with Crippen LogP contribution in [0.3, 0.4) is 0 Å². The summed E-state index contributed by atoms with van der Waals surface area (Å²) >= 11 is 0. The Kier molecular flexibility index (Phi) is 8.64. The Hall–Kier alpha value is -5.76. The van der Waals surface area contributed by atoms with E-state index in [1.165, 1.54) is 24.3 Å². The number of phenols is 1. The number of ether oxygens (including phenoxy) is 2. The number of rotatable bonds is 9. The predicted molar refractivity (Wildman–Crippen MR) is 164 cm³/mol. The lowest BCUT2D eigenvalue weighted by atomic mass is 10.0. The predicted octanol–water partition coefficient (Wildman–Crippen LogP) is 7.06. The van der Waals surface area contributed by atoms with Crippen LogP contribution < -0.4 is 21.1 Å². The first-order chi connectivity index (χ1) is 20.5. The molecule has 0 aromatic heterocycles. The maximum Gasteiger partial charge on any atom is 0.412 e. The zero-order valence-corrected chi connectivity index (χ0v) is 22.5. The van der Waals surface area contributed by atoms with Crippen molar-refractivity contribution >= 4 is 39.8 Å².